The van der Waals surface area contributed by atoms with Gasteiger partial charge in [0.2, 0.25) is 0 Å². The van der Waals surface area contributed by atoms with E-state index >= 15 is 0 Å². The van der Waals surface area contributed by atoms with Crippen LogP contribution in [-0.4, -0.2) is 13.6 Å². The highest BCUT2D eigenvalue weighted by Crippen LogP contribution is 2.30. The molecule has 0 heterocycles. The summed E-state index contributed by atoms with van der Waals surface area (Å²) in [5, 5.41) is 2.85. The van der Waals surface area contributed by atoms with Gasteiger partial charge < -0.3 is 11.1 Å². The van der Waals surface area contributed by atoms with Gasteiger partial charge in [-0.25, -0.2) is 0 Å². The van der Waals surface area contributed by atoms with Crippen LogP contribution in [0.1, 0.15) is 17.2 Å². The number of nitrogens with one attached hydrogen (secondary N) is 1. The molecule has 0 unspecified atom stereocenters. The second kappa shape index (κ2) is 4.63. The Hall–Kier alpha value is -1.07. The van der Waals surface area contributed by atoms with Crippen molar-refractivity contribution in [3.8, 4) is 0 Å². The zero-order valence-electron chi connectivity index (χ0n) is 8.31. The van der Waals surface area contributed by atoms with Crippen molar-refractivity contribution in [3.05, 3.63) is 35.4 Å². The van der Waals surface area contributed by atoms with Gasteiger partial charge in [0.25, 0.3) is 0 Å². The Bertz CT molecular complexity index is 319. The van der Waals surface area contributed by atoms with Gasteiger partial charge in [-0.1, -0.05) is 12.1 Å². The van der Waals surface area contributed by atoms with Gasteiger partial charge in [0.15, 0.2) is 0 Å². The summed E-state index contributed by atoms with van der Waals surface area (Å²) in [4.78, 5) is 0. The van der Waals surface area contributed by atoms with Crippen LogP contribution in [0.4, 0.5) is 13.2 Å². The number of rotatable bonds is 3. The monoisotopic (exact) mass is 218 g/mol. The molecular weight excluding hydrogens is 205 g/mol. The van der Waals surface area contributed by atoms with E-state index in [2.05, 4.69) is 5.32 Å². The highest BCUT2D eigenvalue weighted by molar-refractivity contribution is 5.28. The molecule has 0 saturated carbocycles. The summed E-state index contributed by atoms with van der Waals surface area (Å²) in [6, 6.07) is 4.94. The number of hydrogen-bond donors (Lipinski definition) is 2. The van der Waals surface area contributed by atoms with Gasteiger partial charge in [-0.3, -0.25) is 0 Å². The highest BCUT2D eigenvalue weighted by atomic mass is 19.4. The van der Waals surface area contributed by atoms with Crippen molar-refractivity contribution < 1.29 is 13.2 Å². The molecule has 2 nitrogen and oxygen atoms in total. The molecule has 0 aromatic heterocycles. The molecule has 5 heteroatoms. The topological polar surface area (TPSA) is 38.0 Å². The molecule has 15 heavy (non-hydrogen) atoms. The quantitative estimate of drug-likeness (QED) is 0.813. The largest absolute Gasteiger partial charge is 0.416 e. The van der Waals surface area contributed by atoms with E-state index in [9.17, 15) is 13.2 Å². The fourth-order valence-electron chi connectivity index (χ4n) is 1.35. The first-order chi connectivity index (χ1) is 6.99. The molecular formula is C10H13F3N2. The molecule has 1 aromatic rings. The average molecular weight is 218 g/mol. The molecule has 3 N–H and O–H groups in total. The second-order valence-electron chi connectivity index (χ2n) is 3.20. The summed E-state index contributed by atoms with van der Waals surface area (Å²) in [6.07, 6.45) is -4.30. The van der Waals surface area contributed by atoms with E-state index in [4.69, 9.17) is 5.73 Å². The number of likely N-dealkylation sites (N-methyl/N-ethyl adjacent to an activating group) is 1. The minimum atomic E-state index is -4.30. The van der Waals surface area contributed by atoms with Crippen LogP contribution in [0.5, 0.6) is 0 Å². The van der Waals surface area contributed by atoms with Crippen LogP contribution in [-0.2, 0) is 6.18 Å². The molecule has 0 bridgehead atoms. The normalized spacial score (nSPS) is 13.9. The maximum atomic E-state index is 12.4. The van der Waals surface area contributed by atoms with Crippen molar-refractivity contribution in [1.29, 1.82) is 0 Å². The Morgan fingerprint density at radius 1 is 1.40 bits per heavy atom. The zero-order valence-corrected chi connectivity index (χ0v) is 8.31. The van der Waals surface area contributed by atoms with Gasteiger partial charge in [-0.2, -0.15) is 13.2 Å². The SMILES string of the molecule is CN[C@H](CN)c1cccc(C(F)(F)F)c1. The van der Waals surface area contributed by atoms with Crippen LogP contribution >= 0.6 is 0 Å². The number of alkyl halides is 3. The molecule has 0 saturated heterocycles. The number of benzene rings is 1. The molecule has 0 fully saturated rings. The molecule has 1 rings (SSSR count). The Labute approximate surface area is 86.3 Å². The van der Waals surface area contributed by atoms with Crippen molar-refractivity contribution in [2.75, 3.05) is 13.6 Å². The molecule has 0 aliphatic heterocycles. The van der Waals surface area contributed by atoms with Crippen LogP contribution in [0.3, 0.4) is 0 Å². The van der Waals surface area contributed by atoms with Gasteiger partial charge in [0.05, 0.1) is 5.56 Å². The molecule has 0 radical (unpaired) electrons. The van der Waals surface area contributed by atoms with Crippen molar-refractivity contribution in [3.63, 3.8) is 0 Å². The number of hydrogen-bond acceptors (Lipinski definition) is 2. The van der Waals surface area contributed by atoms with E-state index < -0.39 is 11.7 Å². The zero-order chi connectivity index (χ0) is 11.5. The summed E-state index contributed by atoms with van der Waals surface area (Å²) in [5.41, 5.74) is 5.34. The summed E-state index contributed by atoms with van der Waals surface area (Å²) in [6.45, 7) is 0.262. The van der Waals surface area contributed by atoms with E-state index in [0.717, 1.165) is 12.1 Å². The molecule has 84 valence electrons. The van der Waals surface area contributed by atoms with Crippen molar-refractivity contribution in [2.45, 2.75) is 12.2 Å². The van der Waals surface area contributed by atoms with Gasteiger partial charge in [0, 0.05) is 12.6 Å². The fourth-order valence-corrected chi connectivity index (χ4v) is 1.35. The lowest BCUT2D eigenvalue weighted by Gasteiger charge is -2.16. The Morgan fingerprint density at radius 2 is 2.07 bits per heavy atom. The van der Waals surface area contributed by atoms with Crippen LogP contribution < -0.4 is 11.1 Å². The third-order valence-electron chi connectivity index (χ3n) is 2.20. The molecule has 0 amide bonds. The molecule has 0 aliphatic rings. The van der Waals surface area contributed by atoms with Gasteiger partial charge in [0.1, 0.15) is 0 Å². The molecule has 1 aromatic carbocycles. The van der Waals surface area contributed by atoms with E-state index in [1.165, 1.54) is 6.07 Å². The average Bonchev–Trinajstić information content (AvgIpc) is 2.19. The van der Waals surface area contributed by atoms with Crippen LogP contribution in [0, 0.1) is 0 Å². The van der Waals surface area contributed by atoms with Crippen molar-refractivity contribution >= 4 is 0 Å². The third-order valence-corrected chi connectivity index (χ3v) is 2.20. The molecule has 1 atom stereocenters. The summed E-state index contributed by atoms with van der Waals surface area (Å²) >= 11 is 0. The first kappa shape index (κ1) is 12.0. The minimum absolute atomic E-state index is 0.243. The van der Waals surface area contributed by atoms with E-state index in [-0.39, 0.29) is 12.6 Å². The Kier molecular flexibility index (Phi) is 3.71. The standard InChI is InChI=1S/C10H13F3N2/c1-15-9(6-14)7-3-2-4-8(5-7)10(11,12)13/h2-5,9,15H,6,14H2,1H3/t9-/m1/s1. The van der Waals surface area contributed by atoms with Gasteiger partial charge >= 0.3 is 6.18 Å². The maximum Gasteiger partial charge on any atom is 0.416 e. The molecule has 0 aliphatic carbocycles. The fraction of sp³-hybridized carbons (Fsp3) is 0.400. The van der Waals surface area contributed by atoms with Gasteiger partial charge in [-0.05, 0) is 24.7 Å². The summed E-state index contributed by atoms with van der Waals surface area (Å²) in [7, 11) is 1.66. The molecule has 0 spiro atoms. The predicted molar refractivity (Wildman–Crippen MR) is 52.3 cm³/mol. The third kappa shape index (κ3) is 2.94. The van der Waals surface area contributed by atoms with Crippen molar-refractivity contribution in [2.24, 2.45) is 5.73 Å². The minimum Gasteiger partial charge on any atom is -0.329 e. The number of nitrogens with two attached hydrogens (primary N) is 1. The first-order valence-corrected chi connectivity index (χ1v) is 4.53. The lowest BCUT2D eigenvalue weighted by molar-refractivity contribution is -0.137. The van der Waals surface area contributed by atoms with E-state index in [1.807, 2.05) is 0 Å². The van der Waals surface area contributed by atoms with E-state index in [0.29, 0.717) is 5.56 Å². The Morgan fingerprint density at radius 3 is 2.53 bits per heavy atom. The van der Waals surface area contributed by atoms with Crippen molar-refractivity contribution in [1.82, 2.24) is 5.32 Å². The van der Waals surface area contributed by atoms with Crippen LogP contribution in [0.15, 0.2) is 24.3 Å². The second-order valence-corrected chi connectivity index (χ2v) is 3.20. The lowest BCUT2D eigenvalue weighted by atomic mass is 10.0. The van der Waals surface area contributed by atoms with Gasteiger partial charge in [-0.15, -0.1) is 0 Å². The van der Waals surface area contributed by atoms with Crippen LogP contribution in [0.2, 0.25) is 0 Å². The maximum absolute atomic E-state index is 12.4. The van der Waals surface area contributed by atoms with E-state index in [1.54, 1.807) is 13.1 Å². The lowest BCUT2D eigenvalue weighted by Crippen LogP contribution is -2.25. The highest BCUT2D eigenvalue weighted by Gasteiger charge is 2.30. The summed E-state index contributed by atoms with van der Waals surface area (Å²) in [5.74, 6) is 0. The smallest absolute Gasteiger partial charge is 0.329 e. The summed E-state index contributed by atoms with van der Waals surface area (Å²) < 4.78 is 37.2. The number of halogens is 3. The first-order valence-electron chi connectivity index (χ1n) is 4.53. The Balaban J connectivity index is 3.02. The predicted octanol–water partition coefficient (Wildman–Crippen LogP) is 1.92. The van der Waals surface area contributed by atoms with Crippen LogP contribution in [0.25, 0.3) is 0 Å².